The van der Waals surface area contributed by atoms with Crippen molar-refractivity contribution in [2.45, 2.75) is 10.1 Å². The van der Waals surface area contributed by atoms with Gasteiger partial charge in [0.05, 0.1) is 0 Å². The third-order valence-corrected chi connectivity index (χ3v) is 6.01. The van der Waals surface area contributed by atoms with Gasteiger partial charge in [-0.05, 0) is 29.8 Å². The second-order valence-corrected chi connectivity index (χ2v) is 7.36. The van der Waals surface area contributed by atoms with E-state index in [1.165, 1.54) is 16.0 Å². The topological polar surface area (TPSA) is 23.6 Å². The van der Waals surface area contributed by atoms with Gasteiger partial charge in [-0.2, -0.15) is 0 Å². The first-order chi connectivity index (χ1) is 11.2. The number of rotatable bonds is 1. The molecule has 4 rings (SSSR count). The lowest BCUT2D eigenvalue weighted by atomic mass is 9.96. The lowest BCUT2D eigenvalue weighted by molar-refractivity contribution is -0.132. The molecule has 1 amide bonds. The number of carbonyl (C=O) groups excluding carboxylic acids is 1. The van der Waals surface area contributed by atoms with Gasteiger partial charge in [-0.15, -0.1) is 11.8 Å². The molecule has 1 fully saturated rings. The highest BCUT2D eigenvalue weighted by atomic mass is 32.2. The van der Waals surface area contributed by atoms with Crippen molar-refractivity contribution in [3.8, 4) is 11.1 Å². The number of hydrogen-bond acceptors (Lipinski definition) is 3. The van der Waals surface area contributed by atoms with E-state index in [4.69, 9.17) is 0 Å². The number of benzene rings is 2. The van der Waals surface area contributed by atoms with Crippen molar-refractivity contribution in [3.05, 3.63) is 54.1 Å². The van der Waals surface area contributed by atoms with Gasteiger partial charge in [0.1, 0.15) is 5.25 Å². The first-order valence-electron chi connectivity index (χ1n) is 8.06. The summed E-state index contributed by atoms with van der Waals surface area (Å²) in [5.41, 5.74) is 3.60. The number of hydrogen-bond donors (Lipinski definition) is 0. The quantitative estimate of drug-likeness (QED) is 0.804. The number of nitrogens with zero attached hydrogens (tertiary/aromatic N) is 2. The Labute approximate surface area is 141 Å². The number of amides is 1. The van der Waals surface area contributed by atoms with Crippen LogP contribution in [0.4, 0.5) is 0 Å². The minimum atomic E-state index is -0.121. The average molecular weight is 324 g/mol. The SMILES string of the molecule is CN1CCN(C(=O)C2Sc3ccccc3-c3ccccc32)CC1. The second-order valence-electron chi connectivity index (χ2n) is 6.21. The van der Waals surface area contributed by atoms with E-state index in [9.17, 15) is 4.79 Å². The average Bonchev–Trinajstić information content (AvgIpc) is 2.61. The zero-order valence-electron chi connectivity index (χ0n) is 13.2. The summed E-state index contributed by atoms with van der Waals surface area (Å²) in [5.74, 6) is 0.255. The first-order valence-corrected chi connectivity index (χ1v) is 8.94. The van der Waals surface area contributed by atoms with E-state index in [1.54, 1.807) is 11.8 Å². The standard InChI is InChI=1S/C19H20N2OS/c1-20-10-12-21(13-11-20)19(22)18-16-8-3-2-6-14(16)15-7-4-5-9-17(15)23-18/h2-9,18H,10-13H2,1H3. The molecular formula is C19H20N2OS. The molecule has 118 valence electrons. The van der Waals surface area contributed by atoms with Crippen LogP contribution in [0.1, 0.15) is 10.8 Å². The second kappa shape index (κ2) is 6.02. The molecule has 0 aliphatic carbocycles. The van der Waals surface area contributed by atoms with E-state index < -0.39 is 0 Å². The van der Waals surface area contributed by atoms with Crippen molar-refractivity contribution in [1.82, 2.24) is 9.80 Å². The predicted molar refractivity (Wildman–Crippen MR) is 94.6 cm³/mol. The molecule has 0 radical (unpaired) electrons. The number of carbonyl (C=O) groups is 1. The summed E-state index contributed by atoms with van der Waals surface area (Å²) in [4.78, 5) is 18.6. The van der Waals surface area contributed by atoms with E-state index in [-0.39, 0.29) is 11.2 Å². The highest BCUT2D eigenvalue weighted by molar-refractivity contribution is 8.00. The van der Waals surface area contributed by atoms with Crippen molar-refractivity contribution in [2.75, 3.05) is 33.2 Å². The molecule has 1 unspecified atom stereocenters. The summed E-state index contributed by atoms with van der Waals surface area (Å²) < 4.78 is 0. The van der Waals surface area contributed by atoms with Crippen molar-refractivity contribution >= 4 is 17.7 Å². The Morgan fingerprint density at radius 2 is 1.61 bits per heavy atom. The normalized spacial score (nSPS) is 20.7. The lowest BCUT2D eigenvalue weighted by Gasteiger charge is -2.36. The fraction of sp³-hybridized carbons (Fsp3) is 0.316. The Hall–Kier alpha value is -1.78. The molecule has 23 heavy (non-hydrogen) atoms. The number of likely N-dealkylation sites (N-methyl/N-ethyl adjacent to an activating group) is 1. The van der Waals surface area contributed by atoms with Crippen molar-refractivity contribution in [2.24, 2.45) is 0 Å². The maximum Gasteiger partial charge on any atom is 0.240 e. The highest BCUT2D eigenvalue weighted by Crippen LogP contribution is 2.49. The molecule has 3 nitrogen and oxygen atoms in total. The summed E-state index contributed by atoms with van der Waals surface area (Å²) in [6.07, 6.45) is 0. The minimum absolute atomic E-state index is 0.121. The maximum absolute atomic E-state index is 13.1. The Morgan fingerprint density at radius 3 is 2.39 bits per heavy atom. The van der Waals surface area contributed by atoms with Gasteiger partial charge >= 0.3 is 0 Å². The number of thioether (sulfide) groups is 1. The molecule has 0 spiro atoms. The Balaban J connectivity index is 1.69. The molecule has 0 saturated carbocycles. The van der Waals surface area contributed by atoms with Crippen LogP contribution in [0, 0.1) is 0 Å². The molecule has 0 aromatic heterocycles. The van der Waals surface area contributed by atoms with Crippen molar-refractivity contribution in [1.29, 1.82) is 0 Å². The third-order valence-electron chi connectivity index (χ3n) is 4.70. The molecule has 0 bridgehead atoms. The van der Waals surface area contributed by atoms with E-state index in [0.717, 1.165) is 31.7 Å². The zero-order valence-corrected chi connectivity index (χ0v) is 14.1. The van der Waals surface area contributed by atoms with Gasteiger partial charge in [0.2, 0.25) is 5.91 Å². The van der Waals surface area contributed by atoms with Gasteiger partial charge < -0.3 is 9.80 Å². The Bertz CT molecular complexity index is 738. The molecule has 4 heteroatoms. The summed E-state index contributed by atoms with van der Waals surface area (Å²) >= 11 is 1.70. The molecule has 2 heterocycles. The summed E-state index contributed by atoms with van der Waals surface area (Å²) in [6.45, 7) is 3.58. The van der Waals surface area contributed by atoms with Crippen LogP contribution in [-0.2, 0) is 4.79 Å². The van der Waals surface area contributed by atoms with Gasteiger partial charge in [-0.25, -0.2) is 0 Å². The van der Waals surface area contributed by atoms with Crippen molar-refractivity contribution < 1.29 is 4.79 Å². The largest absolute Gasteiger partial charge is 0.339 e. The van der Waals surface area contributed by atoms with Crippen LogP contribution >= 0.6 is 11.8 Å². The van der Waals surface area contributed by atoms with Gasteiger partial charge in [0.15, 0.2) is 0 Å². The third kappa shape index (κ3) is 2.66. The van der Waals surface area contributed by atoms with Gasteiger partial charge in [0, 0.05) is 31.1 Å². The zero-order chi connectivity index (χ0) is 15.8. The van der Waals surface area contributed by atoms with Crippen LogP contribution in [-0.4, -0.2) is 48.9 Å². The molecule has 1 saturated heterocycles. The Morgan fingerprint density at radius 1 is 0.957 bits per heavy atom. The molecule has 2 aliphatic rings. The molecule has 2 aromatic rings. The smallest absolute Gasteiger partial charge is 0.240 e. The van der Waals surface area contributed by atoms with Gasteiger partial charge in [0.25, 0.3) is 0 Å². The number of fused-ring (bicyclic) bond motifs is 3. The van der Waals surface area contributed by atoms with E-state index in [1.807, 2.05) is 11.0 Å². The Kier molecular flexibility index (Phi) is 3.87. The lowest BCUT2D eigenvalue weighted by Crippen LogP contribution is -2.48. The summed E-state index contributed by atoms with van der Waals surface area (Å²) in [7, 11) is 2.11. The molecule has 2 aliphatic heterocycles. The fourth-order valence-electron chi connectivity index (χ4n) is 3.33. The van der Waals surface area contributed by atoms with Crippen LogP contribution in [0.25, 0.3) is 11.1 Å². The maximum atomic E-state index is 13.1. The van der Waals surface area contributed by atoms with Crippen molar-refractivity contribution in [3.63, 3.8) is 0 Å². The monoisotopic (exact) mass is 324 g/mol. The molecule has 0 N–H and O–H groups in total. The molecule has 2 aromatic carbocycles. The highest BCUT2D eigenvalue weighted by Gasteiger charge is 2.33. The molecule has 1 atom stereocenters. The van der Waals surface area contributed by atoms with Crippen LogP contribution < -0.4 is 0 Å². The van der Waals surface area contributed by atoms with E-state index in [2.05, 4.69) is 54.4 Å². The van der Waals surface area contributed by atoms with Crippen LogP contribution in [0.3, 0.4) is 0 Å². The van der Waals surface area contributed by atoms with Gasteiger partial charge in [-0.1, -0.05) is 42.5 Å². The van der Waals surface area contributed by atoms with Gasteiger partial charge in [-0.3, -0.25) is 4.79 Å². The van der Waals surface area contributed by atoms with Crippen LogP contribution in [0.2, 0.25) is 0 Å². The van der Waals surface area contributed by atoms with E-state index in [0.29, 0.717) is 0 Å². The first kappa shape index (κ1) is 14.8. The minimum Gasteiger partial charge on any atom is -0.339 e. The fourth-order valence-corrected chi connectivity index (χ4v) is 4.63. The van der Waals surface area contributed by atoms with Crippen LogP contribution in [0.15, 0.2) is 53.4 Å². The summed E-state index contributed by atoms with van der Waals surface area (Å²) in [5, 5.41) is -0.121. The van der Waals surface area contributed by atoms with Crippen LogP contribution in [0.5, 0.6) is 0 Å². The van der Waals surface area contributed by atoms with E-state index >= 15 is 0 Å². The summed E-state index contributed by atoms with van der Waals surface area (Å²) in [6, 6.07) is 16.7. The molecular weight excluding hydrogens is 304 g/mol. The predicted octanol–water partition coefficient (Wildman–Crippen LogP) is 3.27. The number of piperazine rings is 1.